The second-order valence-corrected chi connectivity index (χ2v) is 12.4. The molecule has 0 aliphatic carbocycles. The summed E-state index contributed by atoms with van der Waals surface area (Å²) in [5, 5.41) is 9.11. The van der Waals surface area contributed by atoms with Crippen LogP contribution in [0.1, 0.15) is 76.9 Å². The maximum Gasteiger partial charge on any atom is 0.420 e. The molecule has 0 radical (unpaired) electrons. The van der Waals surface area contributed by atoms with Crippen LogP contribution in [0, 0.1) is 24.2 Å². The Bertz CT molecular complexity index is 2080. The lowest BCUT2D eigenvalue weighted by molar-refractivity contribution is 0.0639. The smallest absolute Gasteiger partial charge is 0.420 e. The van der Waals surface area contributed by atoms with Crippen LogP contribution in [-0.2, 0) is 17.7 Å². The van der Waals surface area contributed by atoms with Crippen LogP contribution in [0.3, 0.4) is 0 Å². The second kappa shape index (κ2) is 11.4. The van der Waals surface area contributed by atoms with Gasteiger partial charge in [0.2, 0.25) is 5.89 Å². The first-order valence-corrected chi connectivity index (χ1v) is 15.9. The number of benzene rings is 1. The third kappa shape index (κ3) is 4.81. The first-order chi connectivity index (χ1) is 22.5. The van der Waals surface area contributed by atoms with Crippen molar-refractivity contribution in [3.63, 3.8) is 0 Å². The van der Waals surface area contributed by atoms with E-state index in [1.807, 2.05) is 30.0 Å². The molecule has 1 amide bonds. The number of aryl methyl sites for hydroxylation is 2. The third-order valence-corrected chi connectivity index (χ3v) is 9.54. The second-order valence-electron chi connectivity index (χ2n) is 12.4. The lowest BCUT2D eigenvalue weighted by atomic mass is 9.88. The Morgan fingerprint density at radius 2 is 1.87 bits per heavy atom. The number of rotatable bonds is 7. The van der Waals surface area contributed by atoms with Crippen molar-refractivity contribution in [1.82, 2.24) is 24.4 Å². The summed E-state index contributed by atoms with van der Waals surface area (Å²) in [5.41, 5.74) is 6.51. The van der Waals surface area contributed by atoms with Crippen LogP contribution in [0.25, 0.3) is 33.7 Å². The molecule has 1 unspecified atom stereocenters. The Kier molecular flexibility index (Phi) is 7.02. The Balaban J connectivity index is 1.28. The van der Waals surface area contributed by atoms with E-state index in [1.165, 1.54) is 10.8 Å². The van der Waals surface area contributed by atoms with Crippen molar-refractivity contribution in [2.24, 2.45) is 5.92 Å². The molecule has 11 heteroatoms. The van der Waals surface area contributed by atoms with Gasteiger partial charge in [-0.3, -0.25) is 19.3 Å². The van der Waals surface area contributed by atoms with Gasteiger partial charge in [0.05, 0.1) is 58.1 Å². The average Bonchev–Trinajstić information content (AvgIpc) is 3.86. The number of oxazole rings is 2. The highest BCUT2D eigenvalue weighted by atomic mass is 16.5. The van der Waals surface area contributed by atoms with Crippen molar-refractivity contribution in [3.05, 3.63) is 87.2 Å². The summed E-state index contributed by atoms with van der Waals surface area (Å²) in [6.45, 7) is 4.29. The number of fused-ring (bicyclic) bond motifs is 4. The standard InChI is InChI=1S/C35H32N6O5/c1-20-17-38-33(45-20)30-25(8-5-21-10-13-44-14-11-21)39-32-27-3-2-12-40(27)34(42)31(32)29(30)23-6-9-26-28(15-23)46-35(43)41(26)19-24-7-4-22(16-36)18-37-24/h4,6-7,9,15,17-18,21,27H,2-3,5,8,10-14,19H2,1H3. The molecular formula is C35H32N6O5. The van der Waals surface area contributed by atoms with E-state index in [4.69, 9.17) is 23.8 Å². The highest BCUT2D eigenvalue weighted by Crippen LogP contribution is 2.48. The number of nitrogens with zero attached hydrogens (tertiary/aromatic N) is 6. The summed E-state index contributed by atoms with van der Waals surface area (Å²) >= 11 is 0. The first kappa shape index (κ1) is 28.4. The molecule has 0 saturated carbocycles. The van der Waals surface area contributed by atoms with Crippen LogP contribution in [0.4, 0.5) is 0 Å². The molecule has 46 heavy (non-hydrogen) atoms. The van der Waals surface area contributed by atoms with Crippen LogP contribution in [-0.4, -0.2) is 50.1 Å². The fourth-order valence-electron chi connectivity index (χ4n) is 7.21. The van der Waals surface area contributed by atoms with Gasteiger partial charge >= 0.3 is 5.76 Å². The van der Waals surface area contributed by atoms with Gasteiger partial charge in [0, 0.05) is 31.5 Å². The minimum Gasteiger partial charge on any atom is -0.441 e. The predicted molar refractivity (Wildman–Crippen MR) is 167 cm³/mol. The Hall–Kier alpha value is -5.08. The largest absolute Gasteiger partial charge is 0.441 e. The molecule has 8 rings (SSSR count). The maximum absolute atomic E-state index is 14.1. The van der Waals surface area contributed by atoms with Crippen LogP contribution < -0.4 is 5.76 Å². The molecule has 3 aliphatic rings. The fourth-order valence-corrected chi connectivity index (χ4v) is 7.21. The highest BCUT2D eigenvalue weighted by Gasteiger charge is 2.44. The summed E-state index contributed by atoms with van der Waals surface area (Å²) in [6.07, 6.45) is 8.70. The van der Waals surface area contributed by atoms with Crippen molar-refractivity contribution in [2.45, 2.75) is 58.0 Å². The van der Waals surface area contributed by atoms with E-state index in [0.29, 0.717) is 58.5 Å². The van der Waals surface area contributed by atoms with E-state index in [2.05, 4.69) is 16.0 Å². The van der Waals surface area contributed by atoms with Crippen LogP contribution in [0.5, 0.6) is 0 Å². The molecule has 0 N–H and O–H groups in total. The van der Waals surface area contributed by atoms with Gasteiger partial charge in [-0.15, -0.1) is 0 Å². The molecule has 2 saturated heterocycles. The monoisotopic (exact) mass is 616 g/mol. The average molecular weight is 617 g/mol. The normalized spacial score (nSPS) is 17.9. The molecule has 1 aromatic carbocycles. The predicted octanol–water partition coefficient (Wildman–Crippen LogP) is 5.58. The quantitative estimate of drug-likeness (QED) is 0.229. The summed E-state index contributed by atoms with van der Waals surface area (Å²) < 4.78 is 19.0. The van der Waals surface area contributed by atoms with Crippen LogP contribution in [0.2, 0.25) is 0 Å². The van der Waals surface area contributed by atoms with Gasteiger partial charge in [0.15, 0.2) is 5.58 Å². The van der Waals surface area contributed by atoms with E-state index in [-0.39, 0.29) is 18.5 Å². The molecule has 5 aromatic rings. The zero-order valence-electron chi connectivity index (χ0n) is 25.5. The number of carbonyl (C=O) groups excluding carboxylic acids is 1. The number of nitriles is 1. The lowest BCUT2D eigenvalue weighted by Crippen LogP contribution is -2.23. The molecule has 4 aromatic heterocycles. The van der Waals surface area contributed by atoms with E-state index < -0.39 is 5.76 Å². The molecule has 11 nitrogen and oxygen atoms in total. The van der Waals surface area contributed by atoms with E-state index >= 15 is 0 Å². The zero-order valence-corrected chi connectivity index (χ0v) is 25.5. The SMILES string of the molecule is Cc1cnc(-c2c(CCC3CCOCC3)nc3c(c2-c2ccc4c(c2)oc(=O)n4Cc2ccc(C#N)cn2)C(=O)N2CCCC32)o1. The number of amides is 1. The minimum atomic E-state index is -0.518. The highest BCUT2D eigenvalue weighted by molar-refractivity contribution is 6.08. The number of aromatic nitrogens is 4. The molecule has 0 spiro atoms. The molecule has 3 aliphatic heterocycles. The van der Waals surface area contributed by atoms with Gasteiger partial charge in [-0.1, -0.05) is 6.07 Å². The summed E-state index contributed by atoms with van der Waals surface area (Å²) in [5.74, 6) is 1.07. The Morgan fingerprint density at radius 1 is 1.00 bits per heavy atom. The third-order valence-electron chi connectivity index (χ3n) is 9.54. The van der Waals surface area contributed by atoms with E-state index in [0.717, 1.165) is 73.4 Å². The van der Waals surface area contributed by atoms with Gasteiger partial charge in [0.1, 0.15) is 11.8 Å². The van der Waals surface area contributed by atoms with E-state index in [1.54, 1.807) is 18.3 Å². The minimum absolute atomic E-state index is 0.0356. The first-order valence-electron chi connectivity index (χ1n) is 15.9. The van der Waals surface area contributed by atoms with Gasteiger partial charge in [0.25, 0.3) is 5.91 Å². The number of ether oxygens (including phenoxy) is 1. The maximum atomic E-state index is 14.1. The van der Waals surface area contributed by atoms with Gasteiger partial charge in [-0.2, -0.15) is 5.26 Å². The molecule has 232 valence electrons. The number of pyridine rings is 2. The fraction of sp³-hybridized carbons (Fsp3) is 0.371. The molecule has 7 heterocycles. The topological polar surface area (TPSA) is 140 Å². The summed E-state index contributed by atoms with van der Waals surface area (Å²) in [7, 11) is 0. The van der Waals surface area contributed by atoms with Gasteiger partial charge < -0.3 is 18.5 Å². The van der Waals surface area contributed by atoms with Gasteiger partial charge in [-0.25, -0.2) is 9.78 Å². The van der Waals surface area contributed by atoms with Crippen molar-refractivity contribution in [1.29, 1.82) is 5.26 Å². The Morgan fingerprint density at radius 3 is 2.63 bits per heavy atom. The van der Waals surface area contributed by atoms with Crippen molar-refractivity contribution < 1.29 is 18.4 Å². The number of carbonyl (C=O) groups is 1. The van der Waals surface area contributed by atoms with Crippen molar-refractivity contribution in [3.8, 4) is 28.7 Å². The summed E-state index contributed by atoms with van der Waals surface area (Å²) in [6, 6.07) is 11.0. The molecule has 2 fully saturated rings. The lowest BCUT2D eigenvalue weighted by Gasteiger charge is -2.23. The van der Waals surface area contributed by atoms with Crippen LogP contribution in [0.15, 0.2) is 56.4 Å². The van der Waals surface area contributed by atoms with Gasteiger partial charge in [-0.05, 0) is 81.2 Å². The van der Waals surface area contributed by atoms with E-state index in [9.17, 15) is 9.59 Å². The number of hydrogen-bond donors (Lipinski definition) is 0. The van der Waals surface area contributed by atoms with Crippen LogP contribution >= 0.6 is 0 Å². The van der Waals surface area contributed by atoms with Crippen molar-refractivity contribution >= 4 is 17.0 Å². The molecule has 1 atom stereocenters. The number of hydrogen-bond acceptors (Lipinski definition) is 9. The zero-order chi connectivity index (χ0) is 31.4. The van der Waals surface area contributed by atoms with Crippen molar-refractivity contribution in [2.75, 3.05) is 19.8 Å². The molecular weight excluding hydrogens is 584 g/mol. The molecule has 0 bridgehead atoms. The Labute approximate surface area is 264 Å². The summed E-state index contributed by atoms with van der Waals surface area (Å²) in [4.78, 5) is 43.3.